The Morgan fingerprint density at radius 2 is 2.00 bits per heavy atom. The predicted molar refractivity (Wildman–Crippen MR) is 72.1 cm³/mol. The van der Waals surface area contributed by atoms with Crippen molar-refractivity contribution in [1.82, 2.24) is 19.6 Å². The third kappa shape index (κ3) is 2.75. The first-order valence-corrected chi connectivity index (χ1v) is 6.08. The van der Waals surface area contributed by atoms with Crippen LogP contribution >= 0.6 is 0 Å². The molecule has 0 fully saturated rings. The maximum absolute atomic E-state index is 11.9. The molecule has 0 amide bonds. The summed E-state index contributed by atoms with van der Waals surface area (Å²) in [6, 6.07) is 1.71. The van der Waals surface area contributed by atoms with Gasteiger partial charge in [0.25, 0.3) is 11.1 Å². The van der Waals surface area contributed by atoms with Crippen LogP contribution in [0.5, 0.6) is 0 Å². The van der Waals surface area contributed by atoms with Gasteiger partial charge >= 0.3 is 0 Å². The van der Waals surface area contributed by atoms with Gasteiger partial charge in [0.05, 0.1) is 0 Å². The Morgan fingerprint density at radius 1 is 1.26 bits per heavy atom. The highest BCUT2D eigenvalue weighted by molar-refractivity contribution is 5.23. The molecule has 0 spiro atoms. The Labute approximate surface area is 109 Å². The van der Waals surface area contributed by atoms with Gasteiger partial charge in [-0.1, -0.05) is 0 Å². The molecule has 2 heterocycles. The number of aromatic amines is 1. The molecule has 0 aliphatic heterocycles. The van der Waals surface area contributed by atoms with E-state index >= 15 is 0 Å². The lowest BCUT2D eigenvalue weighted by Crippen LogP contribution is -2.33. The molecule has 7 nitrogen and oxygen atoms in total. The first-order valence-electron chi connectivity index (χ1n) is 6.08. The molecule has 0 bridgehead atoms. The molecule has 0 radical (unpaired) electrons. The Morgan fingerprint density at radius 3 is 2.63 bits per heavy atom. The summed E-state index contributed by atoms with van der Waals surface area (Å²) in [5, 5.41) is 6.62. The minimum absolute atomic E-state index is 0.155. The molecule has 0 saturated heterocycles. The third-order valence-electron chi connectivity index (χ3n) is 3.14. The Balaban J connectivity index is 2.08. The second kappa shape index (κ2) is 5.13. The van der Waals surface area contributed by atoms with E-state index in [9.17, 15) is 9.59 Å². The van der Waals surface area contributed by atoms with Gasteiger partial charge in [0, 0.05) is 30.4 Å². The fourth-order valence-corrected chi connectivity index (χ4v) is 1.84. The van der Waals surface area contributed by atoms with Crippen LogP contribution in [0.3, 0.4) is 0 Å². The van der Waals surface area contributed by atoms with E-state index in [4.69, 9.17) is 5.73 Å². The maximum Gasteiger partial charge on any atom is 0.268 e. The van der Waals surface area contributed by atoms with Crippen LogP contribution in [0.2, 0.25) is 0 Å². The highest BCUT2D eigenvalue weighted by Gasteiger charge is 2.06. The van der Waals surface area contributed by atoms with Crippen molar-refractivity contribution in [2.75, 3.05) is 5.73 Å². The second-order valence-electron chi connectivity index (χ2n) is 4.50. The number of H-pyrrole nitrogens is 1. The normalized spacial score (nSPS) is 10.8. The molecule has 0 aliphatic rings. The molecular formula is C12H17N5O2. The van der Waals surface area contributed by atoms with Crippen molar-refractivity contribution in [2.24, 2.45) is 0 Å². The topological polar surface area (TPSA) is 98.7 Å². The molecular weight excluding hydrogens is 246 g/mol. The number of aromatic nitrogens is 4. The molecule has 0 atom stereocenters. The lowest BCUT2D eigenvalue weighted by atomic mass is 10.2. The Hall–Kier alpha value is -2.31. The van der Waals surface area contributed by atoms with E-state index in [2.05, 4.69) is 10.2 Å². The number of aryl methyl sites for hydroxylation is 2. The van der Waals surface area contributed by atoms with Crippen molar-refractivity contribution < 1.29 is 0 Å². The minimum atomic E-state index is -0.222. The summed E-state index contributed by atoms with van der Waals surface area (Å²) in [5.41, 5.74) is 6.10. The van der Waals surface area contributed by atoms with Crippen LogP contribution in [-0.4, -0.2) is 19.6 Å². The van der Waals surface area contributed by atoms with Crippen LogP contribution in [0.25, 0.3) is 0 Å². The summed E-state index contributed by atoms with van der Waals surface area (Å²) in [4.78, 5) is 23.5. The number of hydrogen-bond donors (Lipinski definition) is 2. The molecule has 19 heavy (non-hydrogen) atoms. The van der Waals surface area contributed by atoms with Gasteiger partial charge in [-0.15, -0.1) is 0 Å². The zero-order valence-electron chi connectivity index (χ0n) is 11.0. The quantitative estimate of drug-likeness (QED) is 0.812. The highest BCUT2D eigenvalue weighted by Crippen LogP contribution is 1.98. The van der Waals surface area contributed by atoms with E-state index < -0.39 is 0 Å². The van der Waals surface area contributed by atoms with Crippen LogP contribution in [0.1, 0.15) is 17.5 Å². The fourth-order valence-electron chi connectivity index (χ4n) is 1.84. The monoisotopic (exact) mass is 263 g/mol. The van der Waals surface area contributed by atoms with Crippen molar-refractivity contribution in [1.29, 1.82) is 0 Å². The minimum Gasteiger partial charge on any atom is -0.382 e. The molecule has 7 heteroatoms. The smallest absolute Gasteiger partial charge is 0.268 e. The van der Waals surface area contributed by atoms with Gasteiger partial charge in [-0.25, -0.2) is 4.68 Å². The average Bonchev–Trinajstić information content (AvgIpc) is 2.79. The van der Waals surface area contributed by atoms with Gasteiger partial charge < -0.3 is 5.73 Å². The number of nitrogens with two attached hydrogens (primary N) is 1. The molecule has 0 aliphatic carbocycles. The van der Waals surface area contributed by atoms with Crippen LogP contribution < -0.4 is 16.9 Å². The summed E-state index contributed by atoms with van der Waals surface area (Å²) in [6.45, 7) is 4.39. The van der Waals surface area contributed by atoms with E-state index in [1.807, 2.05) is 0 Å². The fraction of sp³-hybridized carbons (Fsp3) is 0.417. The van der Waals surface area contributed by atoms with Crippen molar-refractivity contribution >= 4 is 5.82 Å². The molecule has 0 saturated carbocycles. The number of nitrogen functional groups attached to an aromatic ring is 1. The van der Waals surface area contributed by atoms with Crippen LogP contribution in [0, 0.1) is 13.8 Å². The lowest BCUT2D eigenvalue weighted by molar-refractivity contribution is 0.480. The Bertz CT molecular complexity index is 695. The lowest BCUT2D eigenvalue weighted by Gasteiger charge is -2.08. The SMILES string of the molecule is Cc1c(C)c(=O)n(CCCn2ccc(N)n2)[nH]c1=O. The van der Waals surface area contributed by atoms with Gasteiger partial charge in [-0.2, -0.15) is 5.10 Å². The van der Waals surface area contributed by atoms with Crippen molar-refractivity contribution in [3.8, 4) is 0 Å². The first-order chi connectivity index (χ1) is 8.99. The predicted octanol–water partition coefficient (Wildman–Crippen LogP) is 0.0224. The maximum atomic E-state index is 11.9. The van der Waals surface area contributed by atoms with Crippen LogP contribution in [-0.2, 0) is 13.1 Å². The summed E-state index contributed by atoms with van der Waals surface area (Å²) in [5.74, 6) is 0.469. The molecule has 2 aromatic heterocycles. The van der Waals surface area contributed by atoms with Gasteiger partial charge in [-0.05, 0) is 26.3 Å². The number of rotatable bonds is 4. The second-order valence-corrected chi connectivity index (χ2v) is 4.50. The van der Waals surface area contributed by atoms with E-state index in [1.54, 1.807) is 30.8 Å². The zero-order valence-corrected chi connectivity index (χ0v) is 11.0. The number of anilines is 1. The van der Waals surface area contributed by atoms with E-state index in [1.165, 1.54) is 4.68 Å². The van der Waals surface area contributed by atoms with Crippen LogP contribution in [0.15, 0.2) is 21.9 Å². The molecule has 0 aromatic carbocycles. The molecule has 0 unspecified atom stereocenters. The summed E-state index contributed by atoms with van der Waals surface area (Å²) in [6.07, 6.45) is 2.46. The van der Waals surface area contributed by atoms with E-state index in [0.29, 0.717) is 36.5 Å². The largest absolute Gasteiger partial charge is 0.382 e. The molecule has 2 aromatic rings. The van der Waals surface area contributed by atoms with E-state index in [0.717, 1.165) is 0 Å². The van der Waals surface area contributed by atoms with Gasteiger partial charge in [0.2, 0.25) is 0 Å². The van der Waals surface area contributed by atoms with Crippen LogP contribution in [0.4, 0.5) is 5.82 Å². The van der Waals surface area contributed by atoms with Gasteiger partial charge in [0.15, 0.2) is 0 Å². The third-order valence-corrected chi connectivity index (χ3v) is 3.14. The van der Waals surface area contributed by atoms with Gasteiger partial charge in [0.1, 0.15) is 5.82 Å². The van der Waals surface area contributed by atoms with Crippen molar-refractivity contribution in [2.45, 2.75) is 33.4 Å². The highest BCUT2D eigenvalue weighted by atomic mass is 16.2. The van der Waals surface area contributed by atoms with Crippen molar-refractivity contribution in [3.05, 3.63) is 44.1 Å². The molecule has 2 rings (SSSR count). The Kier molecular flexibility index (Phi) is 3.55. The number of nitrogens with one attached hydrogen (secondary N) is 1. The first kappa shape index (κ1) is 13.1. The van der Waals surface area contributed by atoms with E-state index in [-0.39, 0.29) is 11.1 Å². The standard InChI is InChI=1S/C12H17N5O2/c1-8-9(2)12(19)17(15-11(8)18)6-3-5-16-7-4-10(13)14-16/h4,7H,3,5-6H2,1-2H3,(H2,13,14)(H,15,18). The van der Waals surface area contributed by atoms with Crippen molar-refractivity contribution in [3.63, 3.8) is 0 Å². The average molecular weight is 263 g/mol. The zero-order chi connectivity index (χ0) is 14.0. The molecule has 3 N–H and O–H groups in total. The molecule has 102 valence electrons. The summed E-state index contributed by atoms with van der Waals surface area (Å²) in [7, 11) is 0. The summed E-state index contributed by atoms with van der Waals surface area (Å²) >= 11 is 0. The number of hydrogen-bond acceptors (Lipinski definition) is 4. The number of nitrogens with zero attached hydrogens (tertiary/aromatic N) is 3. The van der Waals surface area contributed by atoms with Gasteiger partial charge in [-0.3, -0.25) is 19.4 Å². The summed E-state index contributed by atoms with van der Waals surface area (Å²) < 4.78 is 3.05.